The SMILES string of the molecule is COc1ccc(OC)c(C(O)CNC2CCN(CC=C(C)C)CC2)c1. The number of rotatable bonds is 8. The molecule has 0 amide bonds. The summed E-state index contributed by atoms with van der Waals surface area (Å²) in [5, 5.41) is 14.1. The van der Waals surface area contributed by atoms with Gasteiger partial charge in [0.2, 0.25) is 0 Å². The lowest BCUT2D eigenvalue weighted by Crippen LogP contribution is -2.43. The van der Waals surface area contributed by atoms with E-state index in [1.807, 2.05) is 18.2 Å². The molecule has 0 aliphatic carbocycles. The summed E-state index contributed by atoms with van der Waals surface area (Å²) in [5.41, 5.74) is 2.13. The molecular formula is C20H32N2O3. The number of methoxy groups -OCH3 is 2. The Morgan fingerprint density at radius 1 is 1.28 bits per heavy atom. The Morgan fingerprint density at radius 3 is 2.60 bits per heavy atom. The molecule has 1 saturated heterocycles. The van der Waals surface area contributed by atoms with Crippen molar-refractivity contribution in [2.45, 2.75) is 38.8 Å². The topological polar surface area (TPSA) is 54.0 Å². The third-order valence-corrected chi connectivity index (χ3v) is 4.74. The molecule has 1 unspecified atom stereocenters. The lowest BCUT2D eigenvalue weighted by molar-refractivity contribution is 0.151. The molecule has 0 bridgehead atoms. The van der Waals surface area contributed by atoms with E-state index in [9.17, 15) is 5.11 Å². The molecule has 1 fully saturated rings. The highest BCUT2D eigenvalue weighted by Crippen LogP contribution is 2.29. The minimum absolute atomic E-state index is 0.453. The van der Waals surface area contributed by atoms with Crippen LogP contribution in [-0.2, 0) is 0 Å². The molecule has 5 nitrogen and oxygen atoms in total. The first kappa shape index (κ1) is 19.8. The summed E-state index contributed by atoms with van der Waals surface area (Å²) in [6, 6.07) is 5.96. The molecule has 1 atom stereocenters. The monoisotopic (exact) mass is 348 g/mol. The fourth-order valence-electron chi connectivity index (χ4n) is 3.12. The number of aliphatic hydroxyl groups excluding tert-OH is 1. The van der Waals surface area contributed by atoms with Crippen LogP contribution in [0.3, 0.4) is 0 Å². The van der Waals surface area contributed by atoms with Gasteiger partial charge in [0, 0.05) is 24.7 Å². The van der Waals surface area contributed by atoms with E-state index < -0.39 is 6.10 Å². The number of nitrogens with zero attached hydrogens (tertiary/aromatic N) is 1. The fourth-order valence-corrected chi connectivity index (χ4v) is 3.12. The maximum atomic E-state index is 10.6. The van der Waals surface area contributed by atoms with E-state index in [-0.39, 0.29) is 0 Å². The quantitative estimate of drug-likeness (QED) is 0.708. The van der Waals surface area contributed by atoms with Crippen molar-refractivity contribution in [1.29, 1.82) is 0 Å². The number of nitrogens with one attached hydrogen (secondary N) is 1. The fraction of sp³-hybridized carbons (Fsp3) is 0.600. The van der Waals surface area contributed by atoms with Crippen LogP contribution in [0.25, 0.3) is 0 Å². The van der Waals surface area contributed by atoms with Gasteiger partial charge in [0.15, 0.2) is 0 Å². The van der Waals surface area contributed by atoms with Gasteiger partial charge in [-0.25, -0.2) is 0 Å². The van der Waals surface area contributed by atoms with Crippen molar-refractivity contribution in [3.63, 3.8) is 0 Å². The Morgan fingerprint density at radius 2 is 2.00 bits per heavy atom. The zero-order chi connectivity index (χ0) is 18.2. The number of hydrogen-bond acceptors (Lipinski definition) is 5. The zero-order valence-corrected chi connectivity index (χ0v) is 15.9. The van der Waals surface area contributed by atoms with Crippen molar-refractivity contribution < 1.29 is 14.6 Å². The average molecular weight is 348 g/mol. The molecular weight excluding hydrogens is 316 g/mol. The van der Waals surface area contributed by atoms with Crippen LogP contribution in [0.4, 0.5) is 0 Å². The summed E-state index contributed by atoms with van der Waals surface area (Å²) in [7, 11) is 3.24. The third kappa shape index (κ3) is 6.03. The van der Waals surface area contributed by atoms with Gasteiger partial charge in [-0.3, -0.25) is 4.90 Å². The summed E-state index contributed by atoms with van der Waals surface area (Å²) < 4.78 is 10.6. The molecule has 25 heavy (non-hydrogen) atoms. The van der Waals surface area contributed by atoms with Gasteiger partial charge in [-0.15, -0.1) is 0 Å². The van der Waals surface area contributed by atoms with E-state index >= 15 is 0 Å². The van der Waals surface area contributed by atoms with Crippen molar-refractivity contribution in [2.24, 2.45) is 0 Å². The van der Waals surface area contributed by atoms with Gasteiger partial charge in [-0.2, -0.15) is 0 Å². The number of allylic oxidation sites excluding steroid dienone is 1. The molecule has 0 saturated carbocycles. The number of piperidine rings is 1. The molecule has 2 N–H and O–H groups in total. The minimum atomic E-state index is -0.617. The first-order valence-corrected chi connectivity index (χ1v) is 9.02. The molecule has 1 aliphatic rings. The molecule has 0 spiro atoms. The van der Waals surface area contributed by atoms with Crippen LogP contribution in [-0.4, -0.2) is 56.4 Å². The first-order chi connectivity index (χ1) is 12.0. The Kier molecular flexibility index (Phi) is 7.75. The van der Waals surface area contributed by atoms with Crippen LogP contribution in [0.1, 0.15) is 38.4 Å². The second-order valence-electron chi connectivity index (χ2n) is 6.89. The maximum Gasteiger partial charge on any atom is 0.124 e. The van der Waals surface area contributed by atoms with Crippen molar-refractivity contribution >= 4 is 0 Å². The molecule has 5 heteroatoms. The van der Waals surface area contributed by atoms with Gasteiger partial charge in [0.1, 0.15) is 11.5 Å². The zero-order valence-electron chi connectivity index (χ0n) is 15.9. The number of benzene rings is 1. The number of hydrogen-bond donors (Lipinski definition) is 2. The Balaban J connectivity index is 1.83. The summed E-state index contributed by atoms with van der Waals surface area (Å²) in [6.07, 6.45) is 3.89. The van der Waals surface area contributed by atoms with E-state index in [1.165, 1.54) is 5.57 Å². The van der Waals surface area contributed by atoms with Gasteiger partial charge >= 0.3 is 0 Å². The van der Waals surface area contributed by atoms with E-state index in [4.69, 9.17) is 9.47 Å². The van der Waals surface area contributed by atoms with E-state index in [2.05, 4.69) is 30.1 Å². The third-order valence-electron chi connectivity index (χ3n) is 4.74. The molecule has 0 radical (unpaired) electrons. The number of aliphatic hydroxyl groups is 1. The largest absolute Gasteiger partial charge is 0.497 e. The molecule has 2 rings (SSSR count). The predicted octanol–water partition coefficient (Wildman–Crippen LogP) is 2.76. The molecule has 140 valence electrons. The summed E-state index contributed by atoms with van der Waals surface area (Å²) in [4.78, 5) is 2.48. The summed E-state index contributed by atoms with van der Waals surface area (Å²) in [6.45, 7) is 8.03. The van der Waals surface area contributed by atoms with Gasteiger partial charge in [-0.1, -0.05) is 11.6 Å². The van der Waals surface area contributed by atoms with Crippen molar-refractivity contribution in [1.82, 2.24) is 10.2 Å². The first-order valence-electron chi connectivity index (χ1n) is 9.02. The Hall–Kier alpha value is -1.56. The lowest BCUT2D eigenvalue weighted by Gasteiger charge is -2.32. The van der Waals surface area contributed by atoms with E-state index in [0.29, 0.717) is 18.3 Å². The van der Waals surface area contributed by atoms with Crippen LogP contribution in [0, 0.1) is 0 Å². The Bertz CT molecular complexity index is 562. The van der Waals surface area contributed by atoms with Crippen molar-refractivity contribution in [3.8, 4) is 11.5 Å². The second kappa shape index (κ2) is 9.80. The molecule has 0 aromatic heterocycles. The maximum absolute atomic E-state index is 10.6. The molecule has 1 heterocycles. The lowest BCUT2D eigenvalue weighted by atomic mass is 10.0. The minimum Gasteiger partial charge on any atom is -0.497 e. The average Bonchev–Trinajstić information content (AvgIpc) is 2.64. The van der Waals surface area contributed by atoms with Crippen molar-refractivity contribution in [3.05, 3.63) is 35.4 Å². The highest BCUT2D eigenvalue weighted by Gasteiger charge is 2.20. The van der Waals surface area contributed by atoms with Crippen LogP contribution >= 0.6 is 0 Å². The van der Waals surface area contributed by atoms with Gasteiger partial charge in [0.25, 0.3) is 0 Å². The summed E-state index contributed by atoms with van der Waals surface area (Å²) >= 11 is 0. The predicted molar refractivity (Wildman–Crippen MR) is 101 cm³/mol. The normalized spacial score (nSPS) is 17.2. The highest BCUT2D eigenvalue weighted by molar-refractivity contribution is 5.41. The number of ether oxygens (including phenoxy) is 2. The molecule has 1 aromatic carbocycles. The van der Waals surface area contributed by atoms with Crippen LogP contribution < -0.4 is 14.8 Å². The molecule has 1 aromatic rings. The van der Waals surface area contributed by atoms with E-state index in [0.717, 1.165) is 43.8 Å². The smallest absolute Gasteiger partial charge is 0.124 e. The van der Waals surface area contributed by atoms with Gasteiger partial charge in [0.05, 0.1) is 20.3 Å². The Labute approximate surface area is 151 Å². The highest BCUT2D eigenvalue weighted by atomic mass is 16.5. The van der Waals surface area contributed by atoms with Crippen LogP contribution in [0.15, 0.2) is 29.8 Å². The van der Waals surface area contributed by atoms with Crippen LogP contribution in [0.5, 0.6) is 11.5 Å². The van der Waals surface area contributed by atoms with Gasteiger partial charge in [-0.05, 0) is 58.0 Å². The van der Waals surface area contributed by atoms with Crippen LogP contribution in [0.2, 0.25) is 0 Å². The second-order valence-corrected chi connectivity index (χ2v) is 6.89. The number of likely N-dealkylation sites (tertiary alicyclic amines) is 1. The van der Waals surface area contributed by atoms with Gasteiger partial charge < -0.3 is 19.9 Å². The van der Waals surface area contributed by atoms with Crippen molar-refractivity contribution in [2.75, 3.05) is 40.4 Å². The standard InChI is InChI=1S/C20H32N2O3/c1-15(2)7-10-22-11-8-16(9-12-22)21-14-19(23)18-13-17(24-3)5-6-20(18)25-4/h5-7,13,16,19,21,23H,8-12,14H2,1-4H3. The molecule has 1 aliphatic heterocycles. The summed E-state index contributed by atoms with van der Waals surface area (Å²) in [5.74, 6) is 1.41. The van der Waals surface area contributed by atoms with E-state index in [1.54, 1.807) is 14.2 Å².